The van der Waals surface area contributed by atoms with Crippen molar-refractivity contribution in [2.24, 2.45) is 0 Å². The molecule has 9 heteroatoms. The average Bonchev–Trinajstić information content (AvgIpc) is 3.16. The summed E-state index contributed by atoms with van der Waals surface area (Å²) >= 11 is 1.25. The summed E-state index contributed by atoms with van der Waals surface area (Å²) < 4.78 is 15.7. The van der Waals surface area contributed by atoms with E-state index in [1.54, 1.807) is 12.1 Å². The molecular weight excluding hydrogens is 441 g/mol. The predicted molar refractivity (Wildman–Crippen MR) is 129 cm³/mol. The summed E-state index contributed by atoms with van der Waals surface area (Å²) in [6, 6.07) is 11.9. The molecule has 3 aromatic rings. The third-order valence-electron chi connectivity index (χ3n) is 5.13. The number of nitrogens with one attached hydrogen (secondary N) is 2. The lowest BCUT2D eigenvalue weighted by Crippen LogP contribution is -2.25. The van der Waals surface area contributed by atoms with Gasteiger partial charge >= 0.3 is 0 Å². The Morgan fingerprint density at radius 3 is 2.48 bits per heavy atom. The van der Waals surface area contributed by atoms with E-state index in [0.717, 1.165) is 16.8 Å². The Labute approximate surface area is 197 Å². The zero-order valence-corrected chi connectivity index (χ0v) is 20.0. The summed E-state index contributed by atoms with van der Waals surface area (Å²) in [5.74, 6) is -0.469. The van der Waals surface area contributed by atoms with Crippen LogP contribution in [0.5, 0.6) is 0 Å². The van der Waals surface area contributed by atoms with Gasteiger partial charge in [-0.15, -0.1) is 10.2 Å². The Morgan fingerprint density at radius 1 is 1.06 bits per heavy atom. The molecule has 1 aromatic heterocycles. The maximum Gasteiger partial charge on any atom is 0.238 e. The highest BCUT2D eigenvalue weighted by molar-refractivity contribution is 8.00. The van der Waals surface area contributed by atoms with Crippen molar-refractivity contribution >= 4 is 35.0 Å². The first-order valence-corrected chi connectivity index (χ1v) is 11.7. The molecule has 0 aliphatic heterocycles. The number of carbonyl (C=O) groups is 2. The van der Waals surface area contributed by atoms with Crippen LogP contribution in [0.15, 0.2) is 47.6 Å². The Hall–Kier alpha value is -3.20. The van der Waals surface area contributed by atoms with Gasteiger partial charge in [-0.1, -0.05) is 48.5 Å². The third-order valence-corrected chi connectivity index (χ3v) is 6.47. The summed E-state index contributed by atoms with van der Waals surface area (Å²) in [4.78, 5) is 25.3. The predicted octanol–water partition coefficient (Wildman–Crippen LogP) is 4.74. The first-order chi connectivity index (χ1) is 15.8. The SMILES string of the molecule is CCC(Sc1nnc(CC(=O)Nc2ccc(C)cc2C)n1CC)C(=O)Nc1ccccc1F. The first-order valence-electron chi connectivity index (χ1n) is 10.8. The van der Waals surface area contributed by atoms with Crippen molar-refractivity contribution in [1.82, 2.24) is 14.8 Å². The Kier molecular flexibility index (Phi) is 8.21. The zero-order chi connectivity index (χ0) is 24.0. The molecule has 0 fully saturated rings. The summed E-state index contributed by atoms with van der Waals surface area (Å²) in [7, 11) is 0. The lowest BCUT2D eigenvalue weighted by atomic mass is 10.1. The average molecular weight is 470 g/mol. The first kappa shape index (κ1) is 24.4. The summed E-state index contributed by atoms with van der Waals surface area (Å²) in [6.07, 6.45) is 0.580. The second-order valence-corrected chi connectivity index (χ2v) is 8.84. The number of halogens is 1. The fraction of sp³-hybridized carbons (Fsp3) is 0.333. The van der Waals surface area contributed by atoms with Gasteiger partial charge in [-0.25, -0.2) is 4.39 Å². The van der Waals surface area contributed by atoms with Crippen LogP contribution in [0, 0.1) is 19.7 Å². The van der Waals surface area contributed by atoms with E-state index in [1.807, 2.05) is 50.5 Å². The van der Waals surface area contributed by atoms with Crippen LogP contribution in [-0.2, 0) is 22.6 Å². The number of nitrogens with zero attached hydrogens (tertiary/aromatic N) is 3. The molecule has 174 valence electrons. The van der Waals surface area contributed by atoms with Gasteiger partial charge in [0, 0.05) is 12.2 Å². The fourth-order valence-electron chi connectivity index (χ4n) is 3.37. The van der Waals surface area contributed by atoms with E-state index in [9.17, 15) is 14.0 Å². The summed E-state index contributed by atoms with van der Waals surface area (Å²) in [6.45, 7) is 8.31. The maximum absolute atomic E-state index is 13.9. The number of rotatable bonds is 9. The number of carbonyl (C=O) groups excluding carboxylic acids is 2. The number of hydrogen-bond acceptors (Lipinski definition) is 5. The van der Waals surface area contributed by atoms with E-state index in [0.29, 0.717) is 23.9 Å². The smallest absolute Gasteiger partial charge is 0.238 e. The lowest BCUT2D eigenvalue weighted by Gasteiger charge is -2.15. The minimum absolute atomic E-state index is 0.0624. The second kappa shape index (κ2) is 11.1. The number of thioether (sulfide) groups is 1. The van der Waals surface area contributed by atoms with E-state index >= 15 is 0 Å². The highest BCUT2D eigenvalue weighted by Crippen LogP contribution is 2.26. The van der Waals surface area contributed by atoms with Gasteiger partial charge in [-0.05, 0) is 51.0 Å². The molecule has 0 radical (unpaired) electrons. The molecule has 1 atom stereocenters. The second-order valence-electron chi connectivity index (χ2n) is 7.67. The quantitative estimate of drug-likeness (QED) is 0.442. The highest BCUT2D eigenvalue weighted by Gasteiger charge is 2.23. The molecule has 0 spiro atoms. The largest absolute Gasteiger partial charge is 0.325 e. The number of anilines is 2. The standard InChI is InChI=1S/C24H28FN5O2S/c1-5-20(23(32)27-19-10-8-7-9-17(19)25)33-24-29-28-21(30(24)6-2)14-22(31)26-18-12-11-15(3)13-16(18)4/h7-13,20H,5-6,14H2,1-4H3,(H,26,31)(H,27,32). The van der Waals surface area contributed by atoms with Crippen molar-refractivity contribution < 1.29 is 14.0 Å². The molecule has 1 heterocycles. The fourth-order valence-corrected chi connectivity index (χ4v) is 4.41. The zero-order valence-electron chi connectivity index (χ0n) is 19.2. The van der Waals surface area contributed by atoms with Gasteiger partial charge in [0.25, 0.3) is 0 Å². The van der Waals surface area contributed by atoms with Crippen molar-refractivity contribution in [2.45, 2.75) is 57.5 Å². The molecule has 1 unspecified atom stereocenters. The number of hydrogen-bond donors (Lipinski definition) is 2. The molecule has 3 rings (SSSR count). The Balaban J connectivity index is 1.69. The van der Waals surface area contributed by atoms with Crippen molar-refractivity contribution in [1.29, 1.82) is 0 Å². The van der Waals surface area contributed by atoms with E-state index in [4.69, 9.17) is 0 Å². The third kappa shape index (κ3) is 6.19. The topological polar surface area (TPSA) is 88.9 Å². The van der Waals surface area contributed by atoms with Crippen LogP contribution in [0.4, 0.5) is 15.8 Å². The van der Waals surface area contributed by atoms with Gasteiger partial charge in [-0.3, -0.25) is 9.59 Å². The van der Waals surface area contributed by atoms with Crippen LogP contribution in [-0.4, -0.2) is 31.8 Å². The molecule has 2 N–H and O–H groups in total. The van der Waals surface area contributed by atoms with Gasteiger partial charge in [0.05, 0.1) is 17.4 Å². The molecule has 7 nitrogen and oxygen atoms in total. The number of aromatic nitrogens is 3. The molecule has 0 saturated heterocycles. The number of aryl methyl sites for hydroxylation is 2. The molecule has 2 aromatic carbocycles. The van der Waals surface area contributed by atoms with E-state index in [2.05, 4.69) is 20.8 Å². The Bertz CT molecular complexity index is 1150. The Morgan fingerprint density at radius 2 is 1.82 bits per heavy atom. The minimum Gasteiger partial charge on any atom is -0.325 e. The van der Waals surface area contributed by atoms with Crippen LogP contribution in [0.2, 0.25) is 0 Å². The maximum atomic E-state index is 13.9. The van der Waals surface area contributed by atoms with Crippen molar-refractivity contribution in [3.8, 4) is 0 Å². The van der Waals surface area contributed by atoms with Crippen LogP contribution >= 0.6 is 11.8 Å². The van der Waals surface area contributed by atoms with Crippen molar-refractivity contribution in [3.05, 3.63) is 65.2 Å². The monoisotopic (exact) mass is 469 g/mol. The van der Waals surface area contributed by atoms with Gasteiger partial charge in [0.1, 0.15) is 11.6 Å². The molecule has 0 saturated carbocycles. The van der Waals surface area contributed by atoms with E-state index in [-0.39, 0.29) is 23.9 Å². The van der Waals surface area contributed by atoms with Crippen LogP contribution in [0.25, 0.3) is 0 Å². The molecule has 33 heavy (non-hydrogen) atoms. The molecule has 2 amide bonds. The lowest BCUT2D eigenvalue weighted by molar-refractivity contribution is -0.116. The van der Waals surface area contributed by atoms with Gasteiger partial charge in [0.15, 0.2) is 5.16 Å². The number of para-hydroxylation sites is 1. The summed E-state index contributed by atoms with van der Waals surface area (Å²) in [5, 5.41) is 14.0. The highest BCUT2D eigenvalue weighted by atomic mass is 32.2. The normalized spacial score (nSPS) is 11.8. The van der Waals surface area contributed by atoms with Crippen LogP contribution < -0.4 is 10.6 Å². The molecule has 0 aliphatic rings. The van der Waals surface area contributed by atoms with Crippen LogP contribution in [0.3, 0.4) is 0 Å². The molecule has 0 aliphatic carbocycles. The van der Waals surface area contributed by atoms with Crippen LogP contribution in [0.1, 0.15) is 37.2 Å². The molecular formula is C24H28FN5O2S. The van der Waals surface area contributed by atoms with Gasteiger partial charge in [-0.2, -0.15) is 0 Å². The number of benzene rings is 2. The van der Waals surface area contributed by atoms with E-state index in [1.165, 1.54) is 23.9 Å². The minimum atomic E-state index is -0.490. The van der Waals surface area contributed by atoms with Gasteiger partial charge < -0.3 is 15.2 Å². The summed E-state index contributed by atoms with van der Waals surface area (Å²) in [5.41, 5.74) is 3.02. The molecule has 0 bridgehead atoms. The van der Waals surface area contributed by atoms with Crippen molar-refractivity contribution in [2.75, 3.05) is 10.6 Å². The van der Waals surface area contributed by atoms with Crippen molar-refractivity contribution in [3.63, 3.8) is 0 Å². The van der Waals surface area contributed by atoms with Gasteiger partial charge in [0.2, 0.25) is 11.8 Å². The number of amides is 2. The van der Waals surface area contributed by atoms with E-state index < -0.39 is 11.1 Å².